The first kappa shape index (κ1) is 15.4. The second-order valence-electron chi connectivity index (χ2n) is 5.83. The van der Waals surface area contributed by atoms with E-state index < -0.39 is 0 Å². The standard InChI is InChI=1S/C19H21NO3/c1-13-9-15-10-17(22-2)18(23-3)11-16(15)12-20(13)19(21)14-7-5-4-6-8-14/h4-8,10-11,13H,9,12H2,1-3H3. The van der Waals surface area contributed by atoms with Gasteiger partial charge in [0.2, 0.25) is 0 Å². The summed E-state index contributed by atoms with van der Waals surface area (Å²) < 4.78 is 10.8. The molecule has 1 heterocycles. The summed E-state index contributed by atoms with van der Waals surface area (Å²) in [5.41, 5.74) is 3.06. The Morgan fingerprint density at radius 2 is 1.65 bits per heavy atom. The molecular formula is C19H21NO3. The van der Waals surface area contributed by atoms with Crippen LogP contribution in [0.2, 0.25) is 0 Å². The van der Waals surface area contributed by atoms with Crippen LogP contribution in [0.5, 0.6) is 11.5 Å². The molecule has 1 aliphatic heterocycles. The fourth-order valence-corrected chi connectivity index (χ4v) is 3.09. The lowest BCUT2D eigenvalue weighted by Gasteiger charge is -2.35. The Hall–Kier alpha value is -2.49. The van der Waals surface area contributed by atoms with Crippen molar-refractivity contribution in [2.75, 3.05) is 14.2 Å². The molecule has 1 aliphatic rings. The van der Waals surface area contributed by atoms with Crippen LogP contribution < -0.4 is 9.47 Å². The maximum Gasteiger partial charge on any atom is 0.254 e. The molecule has 0 fully saturated rings. The van der Waals surface area contributed by atoms with Gasteiger partial charge >= 0.3 is 0 Å². The quantitative estimate of drug-likeness (QED) is 0.873. The van der Waals surface area contributed by atoms with E-state index in [0.717, 1.165) is 23.3 Å². The van der Waals surface area contributed by atoms with Crippen molar-refractivity contribution in [3.05, 3.63) is 59.2 Å². The minimum absolute atomic E-state index is 0.0681. The van der Waals surface area contributed by atoms with E-state index in [-0.39, 0.29) is 11.9 Å². The smallest absolute Gasteiger partial charge is 0.254 e. The van der Waals surface area contributed by atoms with Gasteiger partial charge in [-0.15, -0.1) is 0 Å². The number of fused-ring (bicyclic) bond motifs is 1. The third-order valence-electron chi connectivity index (χ3n) is 4.38. The number of nitrogens with zero attached hydrogens (tertiary/aromatic N) is 1. The van der Waals surface area contributed by atoms with Crippen LogP contribution in [0.15, 0.2) is 42.5 Å². The molecule has 0 saturated carbocycles. The minimum Gasteiger partial charge on any atom is -0.493 e. The van der Waals surface area contributed by atoms with Crippen LogP contribution in [0.4, 0.5) is 0 Å². The van der Waals surface area contributed by atoms with Gasteiger partial charge in [0, 0.05) is 18.2 Å². The number of hydrogen-bond acceptors (Lipinski definition) is 3. The first-order valence-corrected chi connectivity index (χ1v) is 7.73. The largest absolute Gasteiger partial charge is 0.493 e. The Balaban J connectivity index is 1.92. The third kappa shape index (κ3) is 2.89. The molecule has 1 amide bonds. The summed E-state index contributed by atoms with van der Waals surface area (Å²) >= 11 is 0. The first-order valence-electron chi connectivity index (χ1n) is 7.73. The van der Waals surface area contributed by atoms with Gasteiger partial charge < -0.3 is 14.4 Å². The normalized spacial score (nSPS) is 16.7. The molecule has 23 heavy (non-hydrogen) atoms. The van der Waals surface area contributed by atoms with E-state index in [9.17, 15) is 4.79 Å². The number of rotatable bonds is 3. The highest BCUT2D eigenvalue weighted by Crippen LogP contribution is 2.35. The molecular weight excluding hydrogens is 290 g/mol. The van der Waals surface area contributed by atoms with E-state index in [2.05, 4.69) is 6.92 Å². The van der Waals surface area contributed by atoms with Crippen LogP contribution in [0.3, 0.4) is 0 Å². The van der Waals surface area contributed by atoms with Crippen molar-refractivity contribution in [2.24, 2.45) is 0 Å². The van der Waals surface area contributed by atoms with Gasteiger partial charge in [0.1, 0.15) is 0 Å². The number of carbonyl (C=O) groups is 1. The lowest BCUT2D eigenvalue weighted by molar-refractivity contribution is 0.0658. The van der Waals surface area contributed by atoms with Gasteiger partial charge in [-0.1, -0.05) is 18.2 Å². The van der Waals surface area contributed by atoms with Crippen LogP contribution in [0.1, 0.15) is 28.4 Å². The fraction of sp³-hybridized carbons (Fsp3) is 0.316. The van der Waals surface area contributed by atoms with Crippen molar-refractivity contribution in [3.63, 3.8) is 0 Å². The van der Waals surface area contributed by atoms with Gasteiger partial charge in [-0.2, -0.15) is 0 Å². The van der Waals surface area contributed by atoms with Crippen molar-refractivity contribution in [3.8, 4) is 11.5 Å². The number of ether oxygens (including phenoxy) is 2. The van der Waals surface area contributed by atoms with Gasteiger partial charge in [0.05, 0.1) is 14.2 Å². The van der Waals surface area contributed by atoms with E-state index in [1.807, 2.05) is 47.4 Å². The molecule has 2 aromatic rings. The van der Waals surface area contributed by atoms with Crippen LogP contribution >= 0.6 is 0 Å². The van der Waals surface area contributed by atoms with Crippen LogP contribution in [-0.2, 0) is 13.0 Å². The zero-order valence-electron chi connectivity index (χ0n) is 13.7. The molecule has 3 rings (SSSR count). The Bertz CT molecular complexity index is 712. The Labute approximate surface area is 136 Å². The highest BCUT2D eigenvalue weighted by Gasteiger charge is 2.28. The molecule has 0 N–H and O–H groups in total. The summed E-state index contributed by atoms with van der Waals surface area (Å²) in [6.45, 7) is 2.67. The molecule has 0 spiro atoms. The summed E-state index contributed by atoms with van der Waals surface area (Å²) in [5.74, 6) is 1.51. The van der Waals surface area contributed by atoms with E-state index >= 15 is 0 Å². The number of methoxy groups -OCH3 is 2. The number of amides is 1. The summed E-state index contributed by atoms with van der Waals surface area (Å²) in [6.07, 6.45) is 0.814. The van der Waals surface area contributed by atoms with Gasteiger partial charge in [0.25, 0.3) is 5.91 Å². The number of benzene rings is 2. The molecule has 1 atom stereocenters. The van der Waals surface area contributed by atoms with Crippen molar-refractivity contribution < 1.29 is 14.3 Å². The predicted molar refractivity (Wildman–Crippen MR) is 89.0 cm³/mol. The molecule has 120 valence electrons. The van der Waals surface area contributed by atoms with Crippen molar-refractivity contribution in [2.45, 2.75) is 25.9 Å². The fourth-order valence-electron chi connectivity index (χ4n) is 3.09. The van der Waals surface area contributed by atoms with Gasteiger partial charge in [-0.3, -0.25) is 4.79 Å². The zero-order chi connectivity index (χ0) is 16.4. The Kier molecular flexibility index (Phi) is 4.24. The van der Waals surface area contributed by atoms with Gasteiger partial charge in [-0.05, 0) is 48.7 Å². The molecule has 4 heteroatoms. The van der Waals surface area contributed by atoms with Crippen molar-refractivity contribution in [1.82, 2.24) is 4.90 Å². The van der Waals surface area contributed by atoms with E-state index in [1.165, 1.54) is 5.56 Å². The van der Waals surface area contributed by atoms with Crippen molar-refractivity contribution >= 4 is 5.91 Å². The van der Waals surface area contributed by atoms with Crippen LogP contribution in [-0.4, -0.2) is 31.1 Å². The zero-order valence-corrected chi connectivity index (χ0v) is 13.7. The highest BCUT2D eigenvalue weighted by atomic mass is 16.5. The third-order valence-corrected chi connectivity index (χ3v) is 4.38. The molecule has 0 aliphatic carbocycles. The van der Waals surface area contributed by atoms with E-state index in [0.29, 0.717) is 12.3 Å². The average Bonchev–Trinajstić information content (AvgIpc) is 2.60. The Morgan fingerprint density at radius 3 is 2.26 bits per heavy atom. The first-order chi connectivity index (χ1) is 11.1. The molecule has 4 nitrogen and oxygen atoms in total. The molecule has 0 bridgehead atoms. The summed E-state index contributed by atoms with van der Waals surface area (Å²) in [7, 11) is 3.27. The van der Waals surface area contributed by atoms with Gasteiger partial charge in [0.15, 0.2) is 11.5 Å². The molecule has 2 aromatic carbocycles. The average molecular weight is 311 g/mol. The second kappa shape index (κ2) is 6.32. The topological polar surface area (TPSA) is 38.8 Å². The van der Waals surface area contributed by atoms with Gasteiger partial charge in [-0.25, -0.2) is 0 Å². The van der Waals surface area contributed by atoms with Crippen LogP contribution in [0, 0.1) is 0 Å². The Morgan fingerprint density at radius 1 is 1.04 bits per heavy atom. The summed E-state index contributed by atoms with van der Waals surface area (Å²) in [4.78, 5) is 14.7. The highest BCUT2D eigenvalue weighted by molar-refractivity contribution is 5.94. The lowest BCUT2D eigenvalue weighted by Crippen LogP contribution is -2.42. The monoisotopic (exact) mass is 311 g/mol. The number of hydrogen-bond donors (Lipinski definition) is 0. The maximum absolute atomic E-state index is 12.8. The lowest BCUT2D eigenvalue weighted by atomic mass is 9.93. The van der Waals surface area contributed by atoms with Crippen molar-refractivity contribution in [1.29, 1.82) is 0 Å². The maximum atomic E-state index is 12.8. The predicted octanol–water partition coefficient (Wildman–Crippen LogP) is 3.29. The van der Waals surface area contributed by atoms with E-state index in [1.54, 1.807) is 14.2 Å². The summed E-state index contributed by atoms with van der Waals surface area (Å²) in [6, 6.07) is 13.6. The summed E-state index contributed by atoms with van der Waals surface area (Å²) in [5, 5.41) is 0. The van der Waals surface area contributed by atoms with Crippen LogP contribution in [0.25, 0.3) is 0 Å². The SMILES string of the molecule is COc1cc2c(cc1OC)CN(C(=O)c1ccccc1)C(C)C2. The second-order valence-corrected chi connectivity index (χ2v) is 5.83. The molecule has 0 saturated heterocycles. The molecule has 0 radical (unpaired) electrons. The molecule has 1 unspecified atom stereocenters. The van der Waals surface area contributed by atoms with E-state index in [4.69, 9.17) is 9.47 Å². The minimum atomic E-state index is 0.0681. The molecule has 0 aromatic heterocycles. The number of carbonyl (C=O) groups excluding carboxylic acids is 1.